The molecule has 2 saturated heterocycles. The van der Waals surface area contributed by atoms with Crippen molar-refractivity contribution in [1.82, 2.24) is 10.2 Å². The third-order valence-corrected chi connectivity index (χ3v) is 4.37. The lowest BCUT2D eigenvalue weighted by molar-refractivity contribution is -0.197. The summed E-state index contributed by atoms with van der Waals surface area (Å²) in [6.07, 6.45) is 4.19. The van der Waals surface area contributed by atoms with Gasteiger partial charge in [0.15, 0.2) is 5.82 Å². The number of hydrogen-bond acceptors (Lipinski definition) is 5. The van der Waals surface area contributed by atoms with Gasteiger partial charge in [-0.05, 0) is 45.2 Å². The number of hydrogen-bond donors (Lipinski definition) is 0. The zero-order valence-electron chi connectivity index (χ0n) is 14.0. The quantitative estimate of drug-likeness (QED) is 0.859. The van der Waals surface area contributed by atoms with Crippen molar-refractivity contribution in [3.8, 4) is 0 Å². The molecule has 5 nitrogen and oxygen atoms in total. The van der Waals surface area contributed by atoms with Crippen molar-refractivity contribution in [1.29, 1.82) is 0 Å². The maximum Gasteiger partial charge on any atom is 0.151 e. The minimum Gasteiger partial charge on any atom is -0.378 e. The fourth-order valence-corrected chi connectivity index (χ4v) is 3.62. The molecule has 1 aromatic rings. The molecule has 3 heterocycles. The summed E-state index contributed by atoms with van der Waals surface area (Å²) in [5.74, 6) is 0.946. The minimum absolute atomic E-state index is 0.205. The van der Waals surface area contributed by atoms with E-state index in [0.717, 1.165) is 56.9 Å². The van der Waals surface area contributed by atoms with Crippen LogP contribution in [0.1, 0.15) is 45.7 Å². The van der Waals surface area contributed by atoms with Gasteiger partial charge in [0.2, 0.25) is 0 Å². The van der Waals surface area contributed by atoms with E-state index in [1.165, 1.54) is 0 Å². The molecule has 5 heteroatoms. The van der Waals surface area contributed by atoms with E-state index in [2.05, 4.69) is 48.0 Å². The molecule has 0 amide bonds. The normalized spacial score (nSPS) is 28.0. The average Bonchev–Trinajstić information content (AvgIpc) is 2.47. The first-order valence-electron chi connectivity index (χ1n) is 8.37. The minimum atomic E-state index is -0.206. The van der Waals surface area contributed by atoms with Crippen molar-refractivity contribution in [3.05, 3.63) is 17.8 Å². The largest absolute Gasteiger partial charge is 0.378 e. The van der Waals surface area contributed by atoms with Crippen LogP contribution in [0, 0.1) is 0 Å². The summed E-state index contributed by atoms with van der Waals surface area (Å²) in [5, 5.41) is 8.81. The summed E-state index contributed by atoms with van der Waals surface area (Å²) < 4.78 is 12.1. The molecule has 3 rings (SSSR count). The molecule has 1 atom stereocenters. The molecule has 1 aromatic heterocycles. The molecule has 0 bridgehead atoms. The molecule has 0 N–H and O–H groups in total. The van der Waals surface area contributed by atoms with E-state index in [9.17, 15) is 0 Å². The molecule has 2 aliphatic rings. The second-order valence-corrected chi connectivity index (χ2v) is 7.19. The van der Waals surface area contributed by atoms with Crippen LogP contribution in [0.4, 0.5) is 5.82 Å². The highest BCUT2D eigenvalue weighted by atomic mass is 16.6. The summed E-state index contributed by atoms with van der Waals surface area (Å²) in [5.41, 5.74) is 0.654. The lowest BCUT2D eigenvalue weighted by atomic mass is 9.90. The van der Waals surface area contributed by atoms with Gasteiger partial charge in [0.25, 0.3) is 0 Å². The molecular weight excluding hydrogens is 278 g/mol. The Hall–Kier alpha value is -1.20. The van der Waals surface area contributed by atoms with Gasteiger partial charge < -0.3 is 14.4 Å². The fourth-order valence-electron chi connectivity index (χ4n) is 3.62. The first-order valence-corrected chi connectivity index (χ1v) is 8.37. The van der Waals surface area contributed by atoms with Crippen LogP contribution in [0.3, 0.4) is 0 Å². The van der Waals surface area contributed by atoms with E-state index in [0.29, 0.717) is 6.61 Å². The monoisotopic (exact) mass is 305 g/mol. The summed E-state index contributed by atoms with van der Waals surface area (Å²) in [4.78, 5) is 2.31. The van der Waals surface area contributed by atoms with Crippen LogP contribution >= 0.6 is 0 Å². The van der Waals surface area contributed by atoms with Gasteiger partial charge in [-0.25, -0.2) is 0 Å². The van der Waals surface area contributed by atoms with Crippen LogP contribution in [0.2, 0.25) is 0 Å². The molecule has 2 aliphatic heterocycles. The van der Waals surface area contributed by atoms with Crippen LogP contribution in [0.5, 0.6) is 0 Å². The van der Waals surface area contributed by atoms with Crippen LogP contribution in [0.15, 0.2) is 12.1 Å². The Balaban J connectivity index is 1.79. The number of ether oxygens (including phenoxy) is 2. The van der Waals surface area contributed by atoms with Gasteiger partial charge in [-0.1, -0.05) is 13.3 Å². The molecule has 122 valence electrons. The third-order valence-electron chi connectivity index (χ3n) is 4.37. The number of nitrogens with zero attached hydrogens (tertiary/aromatic N) is 3. The topological polar surface area (TPSA) is 47.5 Å². The Kier molecular flexibility index (Phi) is 4.37. The maximum absolute atomic E-state index is 6.40. The maximum atomic E-state index is 6.40. The second-order valence-electron chi connectivity index (χ2n) is 7.19. The smallest absolute Gasteiger partial charge is 0.151 e. The zero-order chi connectivity index (χ0) is 15.6. The number of anilines is 1. The van der Waals surface area contributed by atoms with Gasteiger partial charge in [-0.3, -0.25) is 0 Å². The molecule has 2 fully saturated rings. The number of morpholine rings is 1. The molecule has 0 saturated carbocycles. The lowest BCUT2D eigenvalue weighted by Gasteiger charge is -2.51. The number of aryl methyl sites for hydroxylation is 1. The lowest BCUT2D eigenvalue weighted by Crippen LogP contribution is -2.62. The van der Waals surface area contributed by atoms with Crippen LogP contribution in [-0.4, -0.2) is 47.7 Å². The van der Waals surface area contributed by atoms with E-state index < -0.39 is 0 Å². The van der Waals surface area contributed by atoms with Gasteiger partial charge in [0, 0.05) is 13.2 Å². The van der Waals surface area contributed by atoms with Gasteiger partial charge in [0.05, 0.1) is 24.4 Å². The first-order chi connectivity index (χ1) is 10.5. The van der Waals surface area contributed by atoms with Crippen molar-refractivity contribution < 1.29 is 9.47 Å². The van der Waals surface area contributed by atoms with Gasteiger partial charge in [-0.2, -0.15) is 5.10 Å². The van der Waals surface area contributed by atoms with Crippen molar-refractivity contribution >= 4 is 5.82 Å². The van der Waals surface area contributed by atoms with E-state index >= 15 is 0 Å². The number of rotatable bonds is 3. The van der Waals surface area contributed by atoms with Crippen molar-refractivity contribution in [2.24, 2.45) is 0 Å². The summed E-state index contributed by atoms with van der Waals surface area (Å²) >= 11 is 0. The van der Waals surface area contributed by atoms with Gasteiger partial charge in [0.1, 0.15) is 5.60 Å². The van der Waals surface area contributed by atoms with E-state index in [4.69, 9.17) is 9.47 Å². The zero-order valence-corrected chi connectivity index (χ0v) is 14.0. The Bertz CT molecular complexity index is 495. The van der Waals surface area contributed by atoms with Gasteiger partial charge in [-0.15, -0.1) is 5.10 Å². The molecular formula is C17H27N3O2. The Morgan fingerprint density at radius 3 is 2.73 bits per heavy atom. The molecule has 22 heavy (non-hydrogen) atoms. The molecule has 1 unspecified atom stereocenters. The molecule has 0 aliphatic carbocycles. The molecule has 1 spiro atoms. The highest BCUT2D eigenvalue weighted by Crippen LogP contribution is 2.35. The van der Waals surface area contributed by atoms with Crippen molar-refractivity contribution in [2.75, 3.05) is 31.2 Å². The predicted octanol–water partition coefficient (Wildman–Crippen LogP) is 2.59. The number of aromatic nitrogens is 2. The molecule has 0 radical (unpaired) electrons. The standard InChI is InChI=1S/C17H27N3O2/c1-4-6-14-7-8-15(19-18-14)20-11-16(2,3)22-17(12-20)9-5-10-21-13-17/h7-8H,4-6,9-13H2,1-3H3. The van der Waals surface area contributed by atoms with Crippen LogP contribution in [-0.2, 0) is 15.9 Å². The Labute approximate surface area is 133 Å². The van der Waals surface area contributed by atoms with Crippen molar-refractivity contribution in [3.63, 3.8) is 0 Å². The van der Waals surface area contributed by atoms with E-state index in [-0.39, 0.29) is 11.2 Å². The summed E-state index contributed by atoms with van der Waals surface area (Å²) in [6.45, 7) is 9.63. The van der Waals surface area contributed by atoms with Crippen LogP contribution < -0.4 is 4.90 Å². The second kappa shape index (κ2) is 6.13. The van der Waals surface area contributed by atoms with Gasteiger partial charge >= 0.3 is 0 Å². The summed E-state index contributed by atoms with van der Waals surface area (Å²) in [6, 6.07) is 4.19. The molecule has 0 aromatic carbocycles. The Morgan fingerprint density at radius 1 is 1.23 bits per heavy atom. The third kappa shape index (κ3) is 3.41. The highest BCUT2D eigenvalue weighted by Gasteiger charge is 2.45. The average molecular weight is 305 g/mol. The van der Waals surface area contributed by atoms with E-state index in [1.807, 2.05) is 0 Å². The first kappa shape index (κ1) is 15.7. The van der Waals surface area contributed by atoms with E-state index in [1.54, 1.807) is 0 Å². The fraction of sp³-hybridized carbons (Fsp3) is 0.765. The Morgan fingerprint density at radius 2 is 2.09 bits per heavy atom. The summed E-state index contributed by atoms with van der Waals surface area (Å²) in [7, 11) is 0. The highest BCUT2D eigenvalue weighted by molar-refractivity contribution is 5.39. The SMILES string of the molecule is CCCc1ccc(N2CC(C)(C)OC3(CCCOC3)C2)nn1. The van der Waals surface area contributed by atoms with Crippen molar-refractivity contribution in [2.45, 2.75) is 57.7 Å². The predicted molar refractivity (Wildman–Crippen MR) is 86.2 cm³/mol. The van der Waals surface area contributed by atoms with Crippen LogP contribution in [0.25, 0.3) is 0 Å².